The molecule has 2 aromatic rings. The summed E-state index contributed by atoms with van der Waals surface area (Å²) >= 11 is 0. The highest BCUT2D eigenvalue weighted by molar-refractivity contribution is 5.85. The molecule has 0 radical (unpaired) electrons. The van der Waals surface area contributed by atoms with Gasteiger partial charge in [0.1, 0.15) is 0 Å². The summed E-state index contributed by atoms with van der Waals surface area (Å²) in [6, 6.07) is 4.15. The minimum absolute atomic E-state index is 0. The van der Waals surface area contributed by atoms with E-state index in [4.69, 9.17) is 0 Å². The van der Waals surface area contributed by atoms with Crippen molar-refractivity contribution < 1.29 is 8.78 Å². The van der Waals surface area contributed by atoms with Crippen LogP contribution in [-0.4, -0.2) is 9.78 Å². The Kier molecular flexibility index (Phi) is 4.67. The quantitative estimate of drug-likeness (QED) is 0.932. The molecule has 2 rings (SSSR count). The van der Waals surface area contributed by atoms with Crippen molar-refractivity contribution in [2.24, 2.45) is 7.05 Å². The molecule has 0 saturated heterocycles. The van der Waals surface area contributed by atoms with Gasteiger partial charge in [-0.05, 0) is 13.0 Å². The molecule has 0 amide bonds. The number of aryl methyl sites for hydroxylation is 1. The first-order valence-corrected chi connectivity index (χ1v) is 5.25. The van der Waals surface area contributed by atoms with Gasteiger partial charge in [-0.25, -0.2) is 8.78 Å². The smallest absolute Gasteiger partial charge is 0.163 e. The van der Waals surface area contributed by atoms with Crippen LogP contribution in [0.1, 0.15) is 11.3 Å². The van der Waals surface area contributed by atoms with Gasteiger partial charge in [0, 0.05) is 19.2 Å². The zero-order valence-electron chi connectivity index (χ0n) is 10.1. The summed E-state index contributed by atoms with van der Waals surface area (Å²) < 4.78 is 28.1. The Morgan fingerprint density at radius 3 is 2.67 bits per heavy atom. The van der Waals surface area contributed by atoms with Gasteiger partial charge in [0.05, 0.1) is 17.6 Å². The van der Waals surface area contributed by atoms with Crippen LogP contribution < -0.4 is 5.32 Å². The van der Waals surface area contributed by atoms with Crippen LogP contribution in [0.15, 0.2) is 24.4 Å². The summed E-state index contributed by atoms with van der Waals surface area (Å²) in [6.45, 7) is 2.13. The van der Waals surface area contributed by atoms with Gasteiger partial charge in [0.2, 0.25) is 0 Å². The maximum Gasteiger partial charge on any atom is 0.163 e. The topological polar surface area (TPSA) is 29.9 Å². The molecule has 0 aliphatic heterocycles. The highest BCUT2D eigenvalue weighted by Gasteiger charge is 2.08. The van der Waals surface area contributed by atoms with Crippen LogP contribution in [0, 0.1) is 18.6 Å². The molecule has 3 nitrogen and oxygen atoms in total. The molecule has 1 heterocycles. The summed E-state index contributed by atoms with van der Waals surface area (Å²) in [5.41, 5.74) is 2.06. The van der Waals surface area contributed by atoms with Crippen LogP contribution >= 0.6 is 12.4 Å². The van der Waals surface area contributed by atoms with Crippen LogP contribution in [0.4, 0.5) is 14.5 Å². The molecule has 1 aromatic carbocycles. The van der Waals surface area contributed by atoms with E-state index in [1.54, 1.807) is 16.9 Å². The van der Waals surface area contributed by atoms with E-state index < -0.39 is 11.6 Å². The fraction of sp³-hybridized carbons (Fsp3) is 0.250. The number of benzene rings is 1. The van der Waals surface area contributed by atoms with Crippen molar-refractivity contribution in [1.29, 1.82) is 0 Å². The van der Waals surface area contributed by atoms with Gasteiger partial charge in [-0.2, -0.15) is 5.10 Å². The number of anilines is 1. The minimum Gasteiger partial charge on any atom is -0.378 e. The highest BCUT2D eigenvalue weighted by Crippen LogP contribution is 2.16. The second-order valence-corrected chi connectivity index (χ2v) is 3.83. The van der Waals surface area contributed by atoms with Crippen molar-refractivity contribution in [3.05, 3.63) is 47.3 Å². The fourth-order valence-corrected chi connectivity index (χ4v) is 1.55. The largest absolute Gasteiger partial charge is 0.378 e. The lowest BCUT2D eigenvalue weighted by atomic mass is 10.2. The fourth-order valence-electron chi connectivity index (χ4n) is 1.55. The van der Waals surface area contributed by atoms with Crippen LogP contribution in [0.5, 0.6) is 0 Å². The molecule has 0 aliphatic carbocycles. The molecule has 6 heteroatoms. The third-order valence-corrected chi connectivity index (χ3v) is 2.74. The standard InChI is InChI=1S/C12H13F2N3.ClH/c1-8-11(7-16-17(8)2)15-6-9-4-3-5-10(13)12(9)14;/h3-5,7,15H,6H2,1-2H3;1H. The molecule has 0 unspecified atom stereocenters. The van der Waals surface area contributed by atoms with Crippen molar-refractivity contribution in [3.8, 4) is 0 Å². The average Bonchev–Trinajstić information content (AvgIpc) is 2.62. The molecule has 0 aliphatic rings. The molecule has 0 spiro atoms. The lowest BCUT2D eigenvalue weighted by Crippen LogP contribution is -2.04. The van der Waals surface area contributed by atoms with Gasteiger partial charge in [-0.1, -0.05) is 12.1 Å². The zero-order chi connectivity index (χ0) is 12.4. The van der Waals surface area contributed by atoms with Crippen molar-refractivity contribution in [2.45, 2.75) is 13.5 Å². The van der Waals surface area contributed by atoms with E-state index >= 15 is 0 Å². The zero-order valence-corrected chi connectivity index (χ0v) is 10.9. The van der Waals surface area contributed by atoms with Crippen LogP contribution in [0.25, 0.3) is 0 Å². The third kappa shape index (κ3) is 2.79. The molecule has 0 fully saturated rings. The molecule has 0 atom stereocenters. The summed E-state index contributed by atoms with van der Waals surface area (Å²) in [5.74, 6) is -1.63. The SMILES string of the molecule is Cc1c(NCc2cccc(F)c2F)cnn1C.Cl. The first kappa shape index (κ1) is 14.4. The Bertz CT molecular complexity index is 540. The molecule has 1 N–H and O–H groups in total. The van der Waals surface area contributed by atoms with Gasteiger partial charge < -0.3 is 5.32 Å². The van der Waals surface area contributed by atoms with Crippen LogP contribution in [-0.2, 0) is 13.6 Å². The first-order valence-electron chi connectivity index (χ1n) is 5.25. The van der Waals surface area contributed by atoms with E-state index in [-0.39, 0.29) is 19.0 Å². The van der Waals surface area contributed by atoms with Crippen molar-refractivity contribution >= 4 is 18.1 Å². The molecular formula is C12H14ClF2N3. The lowest BCUT2D eigenvalue weighted by molar-refractivity contribution is 0.500. The van der Waals surface area contributed by atoms with Gasteiger partial charge in [0.25, 0.3) is 0 Å². The van der Waals surface area contributed by atoms with E-state index in [0.29, 0.717) is 5.56 Å². The Hall–Kier alpha value is -1.62. The molecule has 98 valence electrons. The molecule has 1 aromatic heterocycles. The summed E-state index contributed by atoms with van der Waals surface area (Å²) in [5, 5.41) is 7.08. The van der Waals surface area contributed by atoms with Crippen LogP contribution in [0.2, 0.25) is 0 Å². The van der Waals surface area contributed by atoms with Crippen molar-refractivity contribution in [3.63, 3.8) is 0 Å². The Morgan fingerprint density at radius 1 is 1.33 bits per heavy atom. The predicted octanol–water partition coefficient (Wildman–Crippen LogP) is 3.04. The summed E-state index contributed by atoms with van der Waals surface area (Å²) in [4.78, 5) is 0. The van der Waals surface area contributed by atoms with Gasteiger partial charge in [-0.3, -0.25) is 4.68 Å². The highest BCUT2D eigenvalue weighted by atomic mass is 35.5. The van der Waals surface area contributed by atoms with E-state index in [1.165, 1.54) is 6.07 Å². The Morgan fingerprint density at radius 2 is 2.06 bits per heavy atom. The number of aromatic nitrogens is 2. The predicted molar refractivity (Wildman–Crippen MR) is 68.9 cm³/mol. The van der Waals surface area contributed by atoms with Crippen molar-refractivity contribution in [1.82, 2.24) is 9.78 Å². The normalized spacial score (nSPS) is 10.0. The third-order valence-electron chi connectivity index (χ3n) is 2.74. The summed E-state index contributed by atoms with van der Waals surface area (Å²) in [6.07, 6.45) is 1.66. The van der Waals surface area contributed by atoms with E-state index in [0.717, 1.165) is 17.4 Å². The number of hydrogen-bond donors (Lipinski definition) is 1. The van der Waals surface area contributed by atoms with Crippen molar-refractivity contribution in [2.75, 3.05) is 5.32 Å². The Balaban J connectivity index is 0.00000162. The molecular weight excluding hydrogens is 260 g/mol. The molecule has 0 saturated carbocycles. The number of nitrogens with zero attached hydrogens (tertiary/aromatic N) is 2. The van der Waals surface area contributed by atoms with Gasteiger partial charge >= 0.3 is 0 Å². The number of nitrogens with one attached hydrogen (secondary N) is 1. The summed E-state index contributed by atoms with van der Waals surface area (Å²) in [7, 11) is 1.82. The van der Waals surface area contributed by atoms with Gasteiger partial charge in [-0.15, -0.1) is 12.4 Å². The number of hydrogen-bond acceptors (Lipinski definition) is 2. The average molecular weight is 274 g/mol. The van der Waals surface area contributed by atoms with E-state index in [1.807, 2.05) is 14.0 Å². The second kappa shape index (κ2) is 5.82. The minimum atomic E-state index is -0.827. The van der Waals surface area contributed by atoms with Crippen LogP contribution in [0.3, 0.4) is 0 Å². The Labute approximate surface area is 110 Å². The molecule has 0 bridgehead atoms. The van der Waals surface area contributed by atoms with Gasteiger partial charge in [0.15, 0.2) is 11.6 Å². The first-order chi connectivity index (χ1) is 8.09. The number of rotatable bonds is 3. The molecule has 18 heavy (non-hydrogen) atoms. The van der Waals surface area contributed by atoms with E-state index in [2.05, 4.69) is 10.4 Å². The lowest BCUT2D eigenvalue weighted by Gasteiger charge is -2.07. The second-order valence-electron chi connectivity index (χ2n) is 3.83. The maximum atomic E-state index is 13.4. The maximum absolute atomic E-state index is 13.4. The monoisotopic (exact) mass is 273 g/mol. The number of halogens is 3. The van der Waals surface area contributed by atoms with E-state index in [9.17, 15) is 8.78 Å².